The van der Waals surface area contributed by atoms with Gasteiger partial charge in [-0.2, -0.15) is 0 Å². The molecule has 0 amide bonds. The molecule has 0 spiro atoms. The summed E-state index contributed by atoms with van der Waals surface area (Å²) in [4.78, 5) is 0. The first kappa shape index (κ1) is 79.1. The number of allylic oxidation sites excluding steroid dienone is 1. The van der Waals surface area contributed by atoms with Crippen molar-refractivity contribution in [1.29, 1.82) is 0 Å². The third-order valence-electron chi connectivity index (χ3n) is 24.8. The van der Waals surface area contributed by atoms with Crippen molar-refractivity contribution in [2.45, 2.75) is 322 Å². The van der Waals surface area contributed by atoms with Crippen LogP contribution in [0.2, 0.25) is 0 Å². The lowest BCUT2D eigenvalue weighted by Crippen LogP contribution is -2.65. The molecule has 10 rings (SSSR count). The fourth-order valence-corrected chi connectivity index (χ4v) is 18.7. The third kappa shape index (κ3) is 15.3. The van der Waals surface area contributed by atoms with Crippen LogP contribution in [0, 0.1) is 45.3 Å². The molecule has 0 unspecified atom stereocenters. The Kier molecular flexibility index (Phi) is 25.4. The molecule has 0 bridgehead atoms. The van der Waals surface area contributed by atoms with E-state index in [-0.39, 0.29) is 79.8 Å². The van der Waals surface area contributed by atoms with E-state index in [9.17, 15) is 97.0 Å². The fraction of sp³-hybridized carbons (Fsp3) is 0.970. The minimum atomic E-state index is -1.89. The van der Waals surface area contributed by atoms with Crippen LogP contribution in [0.25, 0.3) is 0 Å². The van der Waals surface area contributed by atoms with E-state index in [2.05, 4.69) is 47.6 Å². The lowest BCUT2D eigenvalue weighted by molar-refractivity contribution is -0.374. The maximum absolute atomic E-state index is 12.9. The Hall–Kier alpha value is -1.50. The van der Waals surface area contributed by atoms with Gasteiger partial charge in [0.1, 0.15) is 97.7 Å². The lowest BCUT2D eigenvalue weighted by Gasteiger charge is -2.67. The summed E-state index contributed by atoms with van der Waals surface area (Å²) in [6.07, 6.45) is -35.5. The number of hydrogen-bond donors (Lipinski definition) is 19. The molecule has 0 aromatic rings. The fourth-order valence-electron chi connectivity index (χ4n) is 18.7. The van der Waals surface area contributed by atoms with Crippen molar-refractivity contribution in [3.63, 3.8) is 0 Å². The largest absolute Gasteiger partial charge is 0.394 e. The van der Waals surface area contributed by atoms with Gasteiger partial charge in [-0.25, -0.2) is 0 Å². The van der Waals surface area contributed by atoms with Crippen LogP contribution in [0.15, 0.2) is 11.6 Å². The van der Waals surface area contributed by atoms with E-state index in [0.717, 1.165) is 18.4 Å². The summed E-state index contributed by atoms with van der Waals surface area (Å²) in [6, 6.07) is 0. The lowest BCUT2D eigenvalue weighted by atomic mass is 9.38. The number of rotatable bonds is 24. The SMILES string of the molecule is C[C@H](CC[C@@H](O[C@@H]1O[C@H](CO[C@@H]2O[C@H](CO)[C@@H](O)[C@H](O)[C@H]2O)[C@@H](O)[C@H](O)[C@H]1O[C@@H]1O[C@H](CO)C[C@H](O)[C@H]1O)C(C)(C)O)[C@H]1CC[C@@]2(C)[C@@H]3CC=C4[C@@H](CC[C@H](O[C@@H]5O[C@H](CCO[C@@H]6O[C@H](CO)[C@@H](O[C@@H]7C[C@@H](O)C[C@@H](CO)O7)[C@H](O)[C@H]6O)[C@@H](O)[C@H](O)[C@H]5O)C4(C)C)[C@]3(C)[C@H](O)C[C@]12C. The Balaban J connectivity index is 0.783. The number of fused-ring (bicyclic) bond motifs is 5. The summed E-state index contributed by atoms with van der Waals surface area (Å²) in [7, 11) is 0. The van der Waals surface area contributed by atoms with Gasteiger partial charge in [0.05, 0.1) is 94.1 Å². The number of aliphatic hydroxyl groups excluding tert-OH is 18. The molecule has 37 atom stereocenters. The van der Waals surface area contributed by atoms with Gasteiger partial charge in [-0.3, -0.25) is 0 Å². The normalized spacial score (nSPS) is 50.6. The molecule has 0 aromatic heterocycles. The van der Waals surface area contributed by atoms with Crippen molar-refractivity contribution < 1.29 is 154 Å². The topological polar surface area (TPSA) is 495 Å². The Morgan fingerprint density at radius 3 is 1.79 bits per heavy atom. The van der Waals surface area contributed by atoms with E-state index in [0.29, 0.717) is 32.1 Å². The average Bonchev–Trinajstić information content (AvgIpc) is 1.32. The summed E-state index contributed by atoms with van der Waals surface area (Å²) < 4.78 is 72.0. The second-order valence-corrected chi connectivity index (χ2v) is 31.6. The van der Waals surface area contributed by atoms with E-state index in [1.165, 1.54) is 13.8 Å². The Morgan fingerprint density at radius 1 is 0.541 bits per heavy atom. The highest BCUT2D eigenvalue weighted by Crippen LogP contribution is 2.75. The molecule has 19 N–H and O–H groups in total. The molecule has 98 heavy (non-hydrogen) atoms. The first-order chi connectivity index (χ1) is 46.1. The van der Waals surface area contributed by atoms with Gasteiger partial charge in [0.15, 0.2) is 37.7 Å². The van der Waals surface area contributed by atoms with Crippen molar-refractivity contribution in [3.05, 3.63) is 11.6 Å². The smallest absolute Gasteiger partial charge is 0.187 e. The standard InChI is InChI=1S/C67H114O31/c1-28(9-13-43(64(4,5)86)96-62-57(98-60-45(75)35(73)21-31(24-69)90-60)51(81)48(78)39(94-62)27-88-59-53(83)50(80)47(77)37(25-70)92-59)32-15-17-65(6)40-12-10-33-34(67(40,8)41(74)22-66(32,65)7)11-14-42(63(33,2)3)95-61-54(84)49(79)46(76)36(91-61)16-18-87-58-55(85)52(82)56(38(26-71)93-58)97-44-20-29(72)19-30(23-68)89-44/h10,28-32,34-62,68-86H,9,11-27H2,1-8H3/t28-,29+,30+,31+,32-,34-,35+,36-,37-,38-,39-,40+,41-,42+,43-,44-,45-,46-,47-,48-,49+,50+,51+,52-,53-,54-,55-,56-,57-,58-,59-,60+,61+,62+,65+,66-,67+/m1/s1. The third-order valence-corrected chi connectivity index (χ3v) is 24.8. The Labute approximate surface area is 571 Å². The molecular formula is C67H114O31. The van der Waals surface area contributed by atoms with Gasteiger partial charge >= 0.3 is 0 Å². The van der Waals surface area contributed by atoms with Gasteiger partial charge in [0.25, 0.3) is 0 Å². The van der Waals surface area contributed by atoms with E-state index < -0.39 is 227 Å². The molecule has 6 heterocycles. The van der Waals surface area contributed by atoms with Gasteiger partial charge in [-0.1, -0.05) is 53.2 Å². The zero-order valence-electron chi connectivity index (χ0n) is 57.3. The van der Waals surface area contributed by atoms with Crippen molar-refractivity contribution >= 4 is 0 Å². The van der Waals surface area contributed by atoms with Crippen LogP contribution in [-0.2, 0) is 56.8 Å². The van der Waals surface area contributed by atoms with E-state index >= 15 is 0 Å². The van der Waals surface area contributed by atoms with Gasteiger partial charge in [-0.05, 0) is 106 Å². The zero-order chi connectivity index (χ0) is 71.6. The summed E-state index contributed by atoms with van der Waals surface area (Å²) in [5.74, 6) is 0.0343. The predicted molar refractivity (Wildman–Crippen MR) is 333 cm³/mol. The quantitative estimate of drug-likeness (QED) is 0.0408. The van der Waals surface area contributed by atoms with Crippen LogP contribution in [-0.4, -0.2) is 327 Å². The minimum Gasteiger partial charge on any atom is -0.394 e. The highest BCUT2D eigenvalue weighted by Gasteiger charge is 2.71. The highest BCUT2D eigenvalue weighted by atomic mass is 16.8. The Morgan fingerprint density at radius 2 is 1.12 bits per heavy atom. The summed E-state index contributed by atoms with van der Waals surface area (Å²) in [5.41, 5.74) is -2.40. The molecule has 4 aliphatic carbocycles. The molecular weight excluding hydrogens is 1300 g/mol. The van der Waals surface area contributed by atoms with E-state index in [1.54, 1.807) is 0 Å². The molecule has 0 radical (unpaired) electrons. The molecule has 3 saturated carbocycles. The van der Waals surface area contributed by atoms with Gasteiger partial charge < -0.3 is 154 Å². The van der Waals surface area contributed by atoms with Crippen molar-refractivity contribution in [3.8, 4) is 0 Å². The number of hydrogen-bond acceptors (Lipinski definition) is 31. The van der Waals surface area contributed by atoms with Crippen LogP contribution in [0.1, 0.15) is 132 Å². The van der Waals surface area contributed by atoms with E-state index in [1.807, 2.05) is 0 Å². The summed E-state index contributed by atoms with van der Waals surface area (Å²) in [6.45, 7) is 13.0. The van der Waals surface area contributed by atoms with Gasteiger partial charge in [0.2, 0.25) is 0 Å². The first-order valence-electron chi connectivity index (χ1n) is 35.2. The van der Waals surface area contributed by atoms with Crippen LogP contribution in [0.5, 0.6) is 0 Å². The molecule has 9 fully saturated rings. The van der Waals surface area contributed by atoms with E-state index in [4.69, 9.17) is 56.8 Å². The van der Waals surface area contributed by atoms with Gasteiger partial charge in [0, 0.05) is 30.1 Å². The summed E-state index contributed by atoms with van der Waals surface area (Å²) in [5, 5.41) is 207. The van der Waals surface area contributed by atoms with Crippen molar-refractivity contribution in [2.24, 2.45) is 45.3 Å². The maximum Gasteiger partial charge on any atom is 0.187 e. The molecule has 6 saturated heterocycles. The second kappa shape index (κ2) is 31.5. The van der Waals surface area contributed by atoms with Crippen molar-refractivity contribution in [2.75, 3.05) is 39.6 Å². The number of aliphatic hydroxyl groups is 19. The Bertz CT molecular complexity index is 2580. The first-order valence-corrected chi connectivity index (χ1v) is 35.2. The minimum absolute atomic E-state index is 0.00937. The molecule has 568 valence electrons. The molecule has 6 aliphatic heterocycles. The molecule has 10 aliphatic rings. The second-order valence-electron chi connectivity index (χ2n) is 31.6. The van der Waals surface area contributed by atoms with Crippen LogP contribution in [0.3, 0.4) is 0 Å². The monoisotopic (exact) mass is 1410 g/mol. The van der Waals surface area contributed by atoms with Crippen LogP contribution in [0.4, 0.5) is 0 Å². The van der Waals surface area contributed by atoms with Crippen LogP contribution >= 0.6 is 0 Å². The summed E-state index contributed by atoms with van der Waals surface area (Å²) >= 11 is 0. The van der Waals surface area contributed by atoms with Gasteiger partial charge in [-0.15, -0.1) is 0 Å². The van der Waals surface area contributed by atoms with Crippen molar-refractivity contribution in [1.82, 2.24) is 0 Å². The number of ether oxygens (including phenoxy) is 12. The average molecular weight is 1420 g/mol. The van der Waals surface area contributed by atoms with Crippen LogP contribution < -0.4 is 0 Å². The molecule has 31 heteroatoms. The maximum atomic E-state index is 12.9. The molecule has 0 aromatic carbocycles. The zero-order valence-corrected chi connectivity index (χ0v) is 57.3. The highest BCUT2D eigenvalue weighted by molar-refractivity contribution is 5.32. The molecule has 31 nitrogen and oxygen atoms in total. The predicted octanol–water partition coefficient (Wildman–Crippen LogP) is -4.11.